The average Bonchev–Trinajstić information content (AvgIpc) is 3.50. The van der Waals surface area contributed by atoms with Crippen LogP contribution < -0.4 is 14.8 Å². The summed E-state index contributed by atoms with van der Waals surface area (Å²) in [7, 11) is 1.67. The number of aromatic nitrogens is 3. The van der Waals surface area contributed by atoms with Gasteiger partial charge in [0.15, 0.2) is 5.16 Å². The van der Waals surface area contributed by atoms with Gasteiger partial charge < -0.3 is 14.8 Å². The Morgan fingerprint density at radius 3 is 2.29 bits per heavy atom. The highest BCUT2D eigenvalue weighted by Gasteiger charge is 2.26. The number of hydrogen-bond acceptors (Lipinski definition) is 6. The molecule has 0 bridgehead atoms. The van der Waals surface area contributed by atoms with Gasteiger partial charge in [0.2, 0.25) is 5.91 Å². The quantitative estimate of drug-likeness (QED) is 0.0792. The van der Waals surface area contributed by atoms with Crippen LogP contribution in [0.3, 0.4) is 0 Å². The summed E-state index contributed by atoms with van der Waals surface area (Å²) in [5.74, 6) is 3.51. The summed E-state index contributed by atoms with van der Waals surface area (Å²) in [5.41, 5.74) is 4.98. The van der Waals surface area contributed by atoms with E-state index in [1.807, 2.05) is 42.5 Å². The summed E-state index contributed by atoms with van der Waals surface area (Å²) in [6.45, 7) is 15.0. The molecule has 1 aromatic heterocycles. The van der Waals surface area contributed by atoms with Gasteiger partial charge in [-0.3, -0.25) is 9.36 Å². The number of thioether (sulfide) groups is 1. The van der Waals surface area contributed by atoms with E-state index in [1.165, 1.54) is 16.7 Å². The number of rotatable bonds is 19. The van der Waals surface area contributed by atoms with Crippen LogP contribution in [0.15, 0.2) is 78.0 Å². The lowest BCUT2D eigenvalue weighted by atomic mass is 9.76. The van der Waals surface area contributed by atoms with Gasteiger partial charge in [0.1, 0.15) is 17.3 Å². The zero-order valence-electron chi connectivity index (χ0n) is 30.0. The van der Waals surface area contributed by atoms with Crippen molar-refractivity contribution in [3.05, 3.63) is 95.3 Å². The Hall–Kier alpha value is -3.78. The molecule has 4 rings (SSSR count). The number of methoxy groups -OCH3 is 1. The van der Waals surface area contributed by atoms with E-state index in [1.54, 1.807) is 18.9 Å². The number of carbonyl (C=O) groups is 1. The highest BCUT2D eigenvalue weighted by molar-refractivity contribution is 7.99. The molecular formula is C40H54N4O3S. The number of hydrogen-bond donors (Lipinski definition) is 1. The SMILES string of the molecule is CCC(C)(C)c1ccc(OCCCCNC(=O)CCCSc2nnc(Cc3ccccc3)n2-c2ccc(OC)cc2)c(C(C)(C)CC)c1. The molecule has 0 aliphatic heterocycles. The van der Waals surface area contributed by atoms with Gasteiger partial charge in [-0.2, -0.15) is 0 Å². The molecule has 0 saturated heterocycles. The second kappa shape index (κ2) is 17.6. The second-order valence-corrected chi connectivity index (χ2v) is 14.7. The molecule has 0 aliphatic rings. The molecule has 0 radical (unpaired) electrons. The van der Waals surface area contributed by atoms with Crippen molar-refractivity contribution in [2.45, 2.75) is 102 Å². The van der Waals surface area contributed by atoms with Gasteiger partial charge >= 0.3 is 0 Å². The largest absolute Gasteiger partial charge is 0.497 e. The Labute approximate surface area is 292 Å². The molecule has 0 unspecified atom stereocenters. The van der Waals surface area contributed by atoms with Gasteiger partial charge in [0.25, 0.3) is 0 Å². The predicted molar refractivity (Wildman–Crippen MR) is 198 cm³/mol. The lowest BCUT2D eigenvalue weighted by molar-refractivity contribution is -0.121. The summed E-state index contributed by atoms with van der Waals surface area (Å²) < 4.78 is 13.8. The topological polar surface area (TPSA) is 78.3 Å². The highest BCUT2D eigenvalue weighted by atomic mass is 32.2. The summed E-state index contributed by atoms with van der Waals surface area (Å²) in [6, 6.07) is 25.0. The van der Waals surface area contributed by atoms with Gasteiger partial charge in [0.05, 0.1) is 13.7 Å². The van der Waals surface area contributed by atoms with E-state index < -0.39 is 0 Å². The first-order chi connectivity index (χ1) is 23.1. The molecule has 1 amide bonds. The average molecular weight is 671 g/mol. The van der Waals surface area contributed by atoms with E-state index in [9.17, 15) is 4.79 Å². The van der Waals surface area contributed by atoms with Crippen LogP contribution in [0, 0.1) is 0 Å². The molecule has 4 aromatic rings. The first-order valence-corrected chi connectivity index (χ1v) is 18.4. The Balaban J connectivity index is 1.22. The standard InChI is InChI=1S/C40H54N4O3S/c1-8-39(3,4)31-19-24-35(34(29-31)40(5,6)9-2)47-26-14-13-25-41-37(45)18-15-27-48-38-43-42-36(28-30-16-11-10-12-17-30)44(38)32-20-22-33(46-7)23-21-32/h10-12,16-17,19-24,29H,8-9,13-15,18,25-28H2,1-7H3,(H,41,45). The first-order valence-electron chi connectivity index (χ1n) is 17.4. The lowest BCUT2D eigenvalue weighted by Crippen LogP contribution is -2.24. The second-order valence-electron chi connectivity index (χ2n) is 13.6. The van der Waals surface area contributed by atoms with Crippen molar-refractivity contribution in [3.8, 4) is 17.2 Å². The van der Waals surface area contributed by atoms with Crippen molar-refractivity contribution in [1.29, 1.82) is 0 Å². The van der Waals surface area contributed by atoms with E-state index in [4.69, 9.17) is 9.47 Å². The summed E-state index contributed by atoms with van der Waals surface area (Å²) >= 11 is 1.63. The van der Waals surface area contributed by atoms with E-state index >= 15 is 0 Å². The van der Waals surface area contributed by atoms with Gasteiger partial charge in [-0.05, 0) is 84.4 Å². The van der Waals surface area contributed by atoms with Gasteiger partial charge in [-0.1, -0.05) is 95.8 Å². The Morgan fingerprint density at radius 2 is 1.60 bits per heavy atom. The minimum Gasteiger partial charge on any atom is -0.497 e. The lowest BCUT2D eigenvalue weighted by Gasteiger charge is -2.30. The maximum Gasteiger partial charge on any atom is 0.220 e. The number of ether oxygens (including phenoxy) is 2. The number of carbonyl (C=O) groups excluding carboxylic acids is 1. The van der Waals surface area contributed by atoms with Crippen molar-refractivity contribution in [2.75, 3.05) is 26.0 Å². The molecule has 48 heavy (non-hydrogen) atoms. The van der Waals surface area contributed by atoms with Crippen molar-refractivity contribution in [2.24, 2.45) is 0 Å². The molecule has 1 N–H and O–H groups in total. The van der Waals surface area contributed by atoms with Crippen LogP contribution in [-0.4, -0.2) is 46.7 Å². The van der Waals surface area contributed by atoms with Crippen molar-refractivity contribution >= 4 is 17.7 Å². The summed E-state index contributed by atoms with van der Waals surface area (Å²) in [6.07, 6.45) is 5.81. The predicted octanol–water partition coefficient (Wildman–Crippen LogP) is 9.09. The molecular weight excluding hydrogens is 617 g/mol. The maximum absolute atomic E-state index is 12.6. The maximum atomic E-state index is 12.6. The normalized spacial score (nSPS) is 11.8. The van der Waals surface area contributed by atoms with Crippen LogP contribution in [0.1, 0.15) is 103 Å². The number of unbranched alkanes of at least 4 members (excludes halogenated alkanes) is 1. The van der Waals surface area contributed by atoms with Crippen LogP contribution in [0.4, 0.5) is 0 Å². The summed E-state index contributed by atoms with van der Waals surface area (Å²) in [5, 5.41) is 13.0. The van der Waals surface area contributed by atoms with Crippen LogP contribution in [-0.2, 0) is 22.0 Å². The van der Waals surface area contributed by atoms with Crippen molar-refractivity contribution in [3.63, 3.8) is 0 Å². The molecule has 0 atom stereocenters. The van der Waals surface area contributed by atoms with Gasteiger partial charge in [-0.25, -0.2) is 0 Å². The molecule has 0 aliphatic carbocycles. The minimum atomic E-state index is 0.0389. The zero-order valence-corrected chi connectivity index (χ0v) is 30.8. The number of nitrogens with zero attached hydrogens (tertiary/aromatic N) is 3. The fourth-order valence-corrected chi connectivity index (χ4v) is 6.31. The van der Waals surface area contributed by atoms with Crippen LogP contribution in [0.25, 0.3) is 5.69 Å². The van der Waals surface area contributed by atoms with Crippen molar-refractivity contribution in [1.82, 2.24) is 20.1 Å². The summed E-state index contributed by atoms with van der Waals surface area (Å²) in [4.78, 5) is 12.6. The first kappa shape index (κ1) is 37.0. The fourth-order valence-electron chi connectivity index (χ4n) is 5.40. The van der Waals surface area contributed by atoms with Crippen LogP contribution in [0.2, 0.25) is 0 Å². The minimum absolute atomic E-state index is 0.0389. The molecule has 0 fully saturated rings. The van der Waals surface area contributed by atoms with Crippen LogP contribution >= 0.6 is 11.8 Å². The van der Waals surface area contributed by atoms with Crippen LogP contribution in [0.5, 0.6) is 11.5 Å². The molecule has 0 spiro atoms. The monoisotopic (exact) mass is 670 g/mol. The van der Waals surface area contributed by atoms with Crippen molar-refractivity contribution < 1.29 is 14.3 Å². The smallest absolute Gasteiger partial charge is 0.220 e. The van der Waals surface area contributed by atoms with E-state index in [2.05, 4.69) is 92.0 Å². The zero-order chi connectivity index (χ0) is 34.6. The van der Waals surface area contributed by atoms with E-state index in [-0.39, 0.29) is 16.7 Å². The third-order valence-corrected chi connectivity index (χ3v) is 10.4. The molecule has 8 heteroatoms. The fraction of sp³-hybridized carbons (Fsp3) is 0.475. The Bertz CT molecular complexity index is 1580. The van der Waals surface area contributed by atoms with Gasteiger partial charge in [-0.15, -0.1) is 10.2 Å². The molecule has 3 aromatic carbocycles. The molecule has 7 nitrogen and oxygen atoms in total. The number of nitrogens with one attached hydrogen (secondary N) is 1. The molecule has 1 heterocycles. The number of amides is 1. The number of benzene rings is 3. The highest BCUT2D eigenvalue weighted by Crippen LogP contribution is 2.38. The van der Waals surface area contributed by atoms with E-state index in [0.29, 0.717) is 26.0 Å². The third kappa shape index (κ3) is 10.1. The Morgan fingerprint density at radius 1 is 0.875 bits per heavy atom. The third-order valence-electron chi connectivity index (χ3n) is 9.42. The van der Waals surface area contributed by atoms with E-state index in [0.717, 1.165) is 66.0 Å². The Kier molecular flexibility index (Phi) is 13.6. The van der Waals surface area contributed by atoms with Gasteiger partial charge in [0, 0.05) is 36.4 Å². The molecule has 258 valence electrons. The molecule has 0 saturated carbocycles.